The van der Waals surface area contributed by atoms with E-state index < -0.39 is 11.8 Å². The lowest BCUT2D eigenvalue weighted by Crippen LogP contribution is -2.10. The summed E-state index contributed by atoms with van der Waals surface area (Å²) in [6, 6.07) is 13.2. The molecule has 20 heavy (non-hydrogen) atoms. The summed E-state index contributed by atoms with van der Waals surface area (Å²) in [5, 5.41) is 0. The van der Waals surface area contributed by atoms with Crippen molar-refractivity contribution in [1.82, 2.24) is 0 Å². The van der Waals surface area contributed by atoms with Crippen LogP contribution in [0.25, 0.3) is 0 Å². The zero-order valence-corrected chi connectivity index (χ0v) is 10.7. The summed E-state index contributed by atoms with van der Waals surface area (Å²) in [6.45, 7) is 0.0793. The van der Waals surface area contributed by atoms with Crippen LogP contribution in [-0.4, -0.2) is 12.8 Å². The Morgan fingerprint density at radius 1 is 1.15 bits per heavy atom. The third kappa shape index (κ3) is 3.80. The lowest BCUT2D eigenvalue weighted by Gasteiger charge is -2.07. The van der Waals surface area contributed by atoms with E-state index in [2.05, 4.69) is 0 Å². The van der Waals surface area contributed by atoms with E-state index in [9.17, 15) is 9.18 Å². The zero-order valence-electron chi connectivity index (χ0n) is 10.7. The Labute approximate surface area is 115 Å². The van der Waals surface area contributed by atoms with Crippen molar-refractivity contribution in [2.24, 2.45) is 0 Å². The number of ether oxygens (including phenoxy) is 2. The zero-order chi connectivity index (χ0) is 14.4. The predicted molar refractivity (Wildman–Crippen MR) is 72.3 cm³/mol. The van der Waals surface area contributed by atoms with Gasteiger partial charge in [0.05, 0.1) is 12.2 Å². The highest BCUT2D eigenvalue weighted by Gasteiger charge is 2.13. The summed E-state index contributed by atoms with van der Waals surface area (Å²) >= 11 is 0. The topological polar surface area (TPSA) is 61.6 Å². The van der Waals surface area contributed by atoms with Crippen LogP contribution in [0, 0.1) is 5.82 Å². The number of nitrogens with two attached hydrogens (primary N) is 1. The fourth-order valence-electron chi connectivity index (χ4n) is 1.60. The Kier molecular flexibility index (Phi) is 4.68. The minimum absolute atomic E-state index is 0.164. The minimum atomic E-state index is -0.782. The first-order valence-corrected chi connectivity index (χ1v) is 6.00. The molecule has 2 aromatic carbocycles. The fourth-order valence-corrected chi connectivity index (χ4v) is 1.60. The second kappa shape index (κ2) is 6.68. The van der Waals surface area contributed by atoms with Crippen LogP contribution in [0.5, 0.6) is 0 Å². The molecule has 0 fully saturated rings. The van der Waals surface area contributed by atoms with E-state index in [-0.39, 0.29) is 18.0 Å². The molecule has 0 aliphatic heterocycles. The van der Waals surface area contributed by atoms with Gasteiger partial charge in [-0.05, 0) is 23.8 Å². The second-order valence-corrected chi connectivity index (χ2v) is 4.12. The Bertz CT molecular complexity index is 587. The SMILES string of the molecule is Nc1ccc(C(=O)OCOCc2ccccc2)c(F)c1. The summed E-state index contributed by atoms with van der Waals surface area (Å²) in [4.78, 5) is 11.6. The lowest BCUT2D eigenvalue weighted by atomic mass is 10.2. The van der Waals surface area contributed by atoms with Crippen LogP contribution in [-0.2, 0) is 16.1 Å². The molecule has 0 spiro atoms. The van der Waals surface area contributed by atoms with E-state index in [1.807, 2.05) is 30.3 Å². The van der Waals surface area contributed by atoms with Crippen LogP contribution in [0.1, 0.15) is 15.9 Å². The Morgan fingerprint density at radius 2 is 1.90 bits per heavy atom. The first-order chi connectivity index (χ1) is 9.66. The number of rotatable bonds is 5. The molecule has 0 radical (unpaired) electrons. The fraction of sp³-hybridized carbons (Fsp3) is 0.133. The quantitative estimate of drug-likeness (QED) is 0.394. The Balaban J connectivity index is 1.80. The van der Waals surface area contributed by atoms with Crippen molar-refractivity contribution >= 4 is 11.7 Å². The highest BCUT2D eigenvalue weighted by molar-refractivity contribution is 5.90. The summed E-state index contributed by atoms with van der Waals surface area (Å²) in [7, 11) is 0. The van der Waals surface area contributed by atoms with Gasteiger partial charge in [0.15, 0.2) is 6.79 Å². The number of esters is 1. The standard InChI is InChI=1S/C15H14FNO3/c16-14-8-12(17)6-7-13(14)15(18)20-10-19-9-11-4-2-1-3-5-11/h1-8H,9-10,17H2. The molecule has 0 atom stereocenters. The van der Waals surface area contributed by atoms with Crippen molar-refractivity contribution in [2.75, 3.05) is 12.5 Å². The van der Waals surface area contributed by atoms with E-state index in [1.54, 1.807) is 0 Å². The van der Waals surface area contributed by atoms with E-state index in [0.717, 1.165) is 11.6 Å². The maximum atomic E-state index is 13.5. The van der Waals surface area contributed by atoms with Gasteiger partial charge in [-0.1, -0.05) is 30.3 Å². The van der Waals surface area contributed by atoms with Gasteiger partial charge < -0.3 is 15.2 Å². The molecule has 0 aromatic heterocycles. The molecule has 0 amide bonds. The van der Waals surface area contributed by atoms with Crippen molar-refractivity contribution < 1.29 is 18.7 Å². The van der Waals surface area contributed by atoms with Crippen molar-refractivity contribution in [3.8, 4) is 0 Å². The minimum Gasteiger partial charge on any atom is -0.435 e. The maximum Gasteiger partial charge on any atom is 0.343 e. The van der Waals surface area contributed by atoms with Gasteiger partial charge in [-0.3, -0.25) is 0 Å². The van der Waals surface area contributed by atoms with E-state index in [4.69, 9.17) is 15.2 Å². The van der Waals surface area contributed by atoms with Gasteiger partial charge in [0.25, 0.3) is 0 Å². The van der Waals surface area contributed by atoms with Crippen LogP contribution in [0.4, 0.5) is 10.1 Å². The molecule has 0 bridgehead atoms. The highest BCUT2D eigenvalue weighted by Crippen LogP contribution is 2.13. The highest BCUT2D eigenvalue weighted by atomic mass is 19.1. The molecule has 0 unspecified atom stereocenters. The molecular formula is C15H14FNO3. The van der Waals surface area contributed by atoms with Crippen LogP contribution in [0.3, 0.4) is 0 Å². The molecular weight excluding hydrogens is 261 g/mol. The Morgan fingerprint density at radius 3 is 2.60 bits per heavy atom. The molecule has 0 heterocycles. The molecule has 0 aliphatic carbocycles. The van der Waals surface area contributed by atoms with Crippen LogP contribution < -0.4 is 5.73 Å². The summed E-state index contributed by atoms with van der Waals surface area (Å²) in [5.41, 5.74) is 6.44. The van der Waals surface area contributed by atoms with Gasteiger partial charge in [-0.2, -0.15) is 0 Å². The predicted octanol–water partition coefficient (Wildman–Crippen LogP) is 2.74. The van der Waals surface area contributed by atoms with Gasteiger partial charge in [-0.15, -0.1) is 0 Å². The first kappa shape index (κ1) is 14.0. The van der Waals surface area contributed by atoms with Crippen molar-refractivity contribution in [2.45, 2.75) is 6.61 Å². The van der Waals surface area contributed by atoms with Gasteiger partial charge in [0.2, 0.25) is 0 Å². The molecule has 2 rings (SSSR count). The monoisotopic (exact) mass is 275 g/mol. The number of halogens is 1. The van der Waals surface area contributed by atoms with Crippen LogP contribution in [0.15, 0.2) is 48.5 Å². The molecule has 104 valence electrons. The number of carbonyl (C=O) groups is 1. The van der Waals surface area contributed by atoms with Crippen molar-refractivity contribution in [3.63, 3.8) is 0 Å². The molecule has 4 nitrogen and oxygen atoms in total. The Hall–Kier alpha value is -2.40. The van der Waals surface area contributed by atoms with E-state index >= 15 is 0 Å². The summed E-state index contributed by atoms with van der Waals surface area (Å²) < 4.78 is 23.5. The average Bonchev–Trinajstić information content (AvgIpc) is 2.44. The van der Waals surface area contributed by atoms with Crippen LogP contribution in [0.2, 0.25) is 0 Å². The van der Waals surface area contributed by atoms with Gasteiger partial charge >= 0.3 is 5.97 Å². The van der Waals surface area contributed by atoms with Gasteiger partial charge in [0, 0.05) is 5.69 Å². The number of carbonyl (C=O) groups excluding carboxylic acids is 1. The summed E-state index contributed by atoms with van der Waals surface area (Å²) in [6.07, 6.45) is 0. The first-order valence-electron chi connectivity index (χ1n) is 6.00. The van der Waals surface area contributed by atoms with Gasteiger partial charge in [0.1, 0.15) is 5.82 Å². The largest absolute Gasteiger partial charge is 0.435 e. The van der Waals surface area contributed by atoms with E-state index in [0.29, 0.717) is 6.61 Å². The molecule has 2 aromatic rings. The molecule has 0 saturated heterocycles. The third-order valence-corrected chi connectivity index (χ3v) is 2.60. The number of hydrogen-bond donors (Lipinski definition) is 1. The summed E-state index contributed by atoms with van der Waals surface area (Å²) in [5.74, 6) is -1.49. The normalized spacial score (nSPS) is 10.2. The number of benzene rings is 2. The molecule has 5 heteroatoms. The number of hydrogen-bond acceptors (Lipinski definition) is 4. The maximum absolute atomic E-state index is 13.5. The third-order valence-electron chi connectivity index (χ3n) is 2.60. The molecule has 0 aliphatic rings. The second-order valence-electron chi connectivity index (χ2n) is 4.12. The van der Waals surface area contributed by atoms with Crippen molar-refractivity contribution in [3.05, 3.63) is 65.5 Å². The molecule has 2 N–H and O–H groups in total. The smallest absolute Gasteiger partial charge is 0.343 e. The van der Waals surface area contributed by atoms with Gasteiger partial charge in [-0.25, -0.2) is 9.18 Å². The van der Waals surface area contributed by atoms with Crippen LogP contribution >= 0.6 is 0 Å². The van der Waals surface area contributed by atoms with Crippen molar-refractivity contribution in [1.29, 1.82) is 0 Å². The number of nitrogen functional groups attached to an aromatic ring is 1. The average molecular weight is 275 g/mol. The lowest BCUT2D eigenvalue weighted by molar-refractivity contribution is -0.0383. The number of anilines is 1. The molecule has 0 saturated carbocycles. The van der Waals surface area contributed by atoms with E-state index in [1.165, 1.54) is 12.1 Å².